The molecule has 0 bridgehead atoms. The fraction of sp³-hybridized carbons (Fsp3) is 0.412. The van der Waals surface area contributed by atoms with Crippen LogP contribution in [0.2, 0.25) is 5.02 Å². The van der Waals surface area contributed by atoms with E-state index in [0.717, 1.165) is 30.9 Å². The second-order valence-electron chi connectivity index (χ2n) is 12.4. The Balaban J connectivity index is 0.000000404. The van der Waals surface area contributed by atoms with Gasteiger partial charge in [-0.25, -0.2) is 19.2 Å². The first-order valence-corrected chi connectivity index (χ1v) is 15.0. The van der Waals surface area contributed by atoms with Crippen LogP contribution >= 0.6 is 11.6 Å². The molecule has 10 heteroatoms. The molecule has 0 aliphatic rings. The third kappa shape index (κ3) is 8.00. The fourth-order valence-corrected chi connectivity index (χ4v) is 5.14. The Morgan fingerprint density at radius 2 is 1.66 bits per heavy atom. The highest BCUT2D eigenvalue weighted by molar-refractivity contribution is 6.30. The summed E-state index contributed by atoms with van der Waals surface area (Å²) in [6, 6.07) is 10.5. The van der Waals surface area contributed by atoms with Gasteiger partial charge in [-0.05, 0) is 69.4 Å². The quantitative estimate of drug-likeness (QED) is 0.196. The molecule has 0 unspecified atom stereocenters. The zero-order valence-corrected chi connectivity index (χ0v) is 27.3. The van der Waals surface area contributed by atoms with E-state index in [9.17, 15) is 18.4 Å². The standard InChI is InChI=1S/C27H34ClFN2O2.C7H6FNO2/c1-8-12-27(6,7)31(13-9-2)25(32)23-16-22-24(33-23)18(26(3,4)5)15-21(30-22)17-10-11-19(28)20(29)14-17;1-4-5(7(10)11)2-3-6(8)9-4/h10-11,14-16H,8-9,12-13H2,1-7H3;2-3H,1H3,(H,10,11). The van der Waals surface area contributed by atoms with Crippen molar-refractivity contribution in [1.82, 2.24) is 14.9 Å². The van der Waals surface area contributed by atoms with Gasteiger partial charge in [-0.15, -0.1) is 0 Å². The maximum Gasteiger partial charge on any atom is 0.337 e. The van der Waals surface area contributed by atoms with Gasteiger partial charge in [0.05, 0.1) is 22.0 Å². The molecule has 0 aliphatic heterocycles. The van der Waals surface area contributed by atoms with E-state index in [1.807, 2.05) is 11.0 Å². The van der Waals surface area contributed by atoms with Gasteiger partial charge in [0.2, 0.25) is 5.95 Å². The first kappa shape index (κ1) is 34.6. The van der Waals surface area contributed by atoms with E-state index >= 15 is 0 Å². The minimum Gasteiger partial charge on any atom is -0.478 e. The molecule has 0 fully saturated rings. The lowest BCUT2D eigenvalue weighted by Crippen LogP contribution is -2.48. The maximum atomic E-state index is 14.1. The average Bonchev–Trinajstić information content (AvgIpc) is 3.36. The van der Waals surface area contributed by atoms with Crippen molar-refractivity contribution in [2.75, 3.05) is 6.54 Å². The monoisotopic (exact) mass is 627 g/mol. The summed E-state index contributed by atoms with van der Waals surface area (Å²) in [5.74, 6) is -2.10. The summed E-state index contributed by atoms with van der Waals surface area (Å²) in [7, 11) is 0. The van der Waals surface area contributed by atoms with Crippen molar-refractivity contribution < 1.29 is 27.9 Å². The van der Waals surface area contributed by atoms with Crippen LogP contribution in [0.15, 0.2) is 46.9 Å². The van der Waals surface area contributed by atoms with E-state index in [4.69, 9.17) is 26.1 Å². The van der Waals surface area contributed by atoms with Crippen LogP contribution in [0.4, 0.5) is 8.78 Å². The van der Waals surface area contributed by atoms with Crippen LogP contribution < -0.4 is 0 Å². The molecule has 0 atom stereocenters. The van der Waals surface area contributed by atoms with Gasteiger partial charge >= 0.3 is 5.97 Å². The van der Waals surface area contributed by atoms with Gasteiger partial charge in [-0.2, -0.15) is 4.39 Å². The Kier molecular flexibility index (Phi) is 10.9. The highest BCUT2D eigenvalue weighted by Gasteiger charge is 2.33. The molecule has 0 saturated carbocycles. The minimum absolute atomic E-state index is 0.0337. The first-order valence-electron chi connectivity index (χ1n) is 14.6. The van der Waals surface area contributed by atoms with Gasteiger partial charge in [0.15, 0.2) is 11.3 Å². The smallest absolute Gasteiger partial charge is 0.337 e. The number of aromatic carboxylic acids is 1. The van der Waals surface area contributed by atoms with Gasteiger partial charge in [0.25, 0.3) is 5.91 Å². The van der Waals surface area contributed by atoms with Gasteiger partial charge in [-0.1, -0.05) is 58.7 Å². The second-order valence-corrected chi connectivity index (χ2v) is 12.8. The molecule has 0 aliphatic carbocycles. The Morgan fingerprint density at radius 1 is 0.977 bits per heavy atom. The SMILES string of the molecule is CCCN(C(=O)c1cc2nc(-c3ccc(Cl)c(F)c3)cc(C(C)(C)C)c2o1)C(C)(C)CCC.Cc1nc(F)ccc1C(=O)O. The summed E-state index contributed by atoms with van der Waals surface area (Å²) in [6.45, 7) is 16.7. The van der Waals surface area contributed by atoms with Crippen LogP contribution in [0, 0.1) is 18.7 Å². The minimum atomic E-state index is -1.09. The van der Waals surface area contributed by atoms with Gasteiger partial charge in [0, 0.05) is 29.3 Å². The number of furan rings is 1. The number of hydrogen-bond donors (Lipinski definition) is 1. The van der Waals surface area contributed by atoms with Crippen molar-refractivity contribution >= 4 is 34.6 Å². The molecule has 236 valence electrons. The predicted molar refractivity (Wildman–Crippen MR) is 169 cm³/mol. The third-order valence-corrected chi connectivity index (χ3v) is 7.59. The highest BCUT2D eigenvalue weighted by atomic mass is 35.5. The normalized spacial score (nSPS) is 11.7. The molecular weight excluding hydrogens is 588 g/mol. The number of carboxylic acids is 1. The Bertz CT molecular complexity index is 1660. The second kappa shape index (κ2) is 13.8. The molecule has 1 aromatic carbocycles. The van der Waals surface area contributed by atoms with Crippen molar-refractivity contribution in [3.63, 3.8) is 0 Å². The van der Waals surface area contributed by atoms with E-state index in [-0.39, 0.29) is 38.9 Å². The molecule has 44 heavy (non-hydrogen) atoms. The van der Waals surface area contributed by atoms with Gasteiger partial charge in [0.1, 0.15) is 11.3 Å². The first-order chi connectivity index (χ1) is 20.5. The molecule has 4 rings (SSSR count). The number of hydrogen-bond acceptors (Lipinski definition) is 5. The number of carboxylic acid groups (broad SMARTS) is 1. The molecular formula is C34H40ClF2N3O4. The fourth-order valence-electron chi connectivity index (χ4n) is 5.03. The Hall–Kier alpha value is -3.85. The molecule has 0 radical (unpaired) electrons. The number of nitrogens with zero attached hydrogens (tertiary/aromatic N) is 3. The predicted octanol–water partition coefficient (Wildman–Crippen LogP) is 9.24. The van der Waals surface area contributed by atoms with Crippen LogP contribution in [0.25, 0.3) is 22.4 Å². The van der Waals surface area contributed by atoms with Crippen LogP contribution in [0.5, 0.6) is 0 Å². The summed E-state index contributed by atoms with van der Waals surface area (Å²) in [5, 5.41) is 8.56. The molecule has 7 nitrogen and oxygen atoms in total. The number of fused-ring (bicyclic) bond motifs is 1. The topological polar surface area (TPSA) is 96.5 Å². The number of carbonyl (C=O) groups excluding carboxylic acids is 1. The molecule has 3 aromatic heterocycles. The number of rotatable bonds is 8. The summed E-state index contributed by atoms with van der Waals surface area (Å²) in [4.78, 5) is 33.9. The van der Waals surface area contributed by atoms with Crippen molar-refractivity contribution in [1.29, 1.82) is 0 Å². The van der Waals surface area contributed by atoms with Crippen molar-refractivity contribution in [2.45, 2.75) is 85.6 Å². The summed E-state index contributed by atoms with van der Waals surface area (Å²) in [6.07, 6.45) is 2.74. The summed E-state index contributed by atoms with van der Waals surface area (Å²) < 4.78 is 32.6. The Morgan fingerprint density at radius 3 is 2.20 bits per heavy atom. The molecule has 3 heterocycles. The lowest BCUT2D eigenvalue weighted by Gasteiger charge is -2.38. The summed E-state index contributed by atoms with van der Waals surface area (Å²) in [5.41, 5.74) is 2.98. The zero-order valence-electron chi connectivity index (χ0n) is 26.5. The summed E-state index contributed by atoms with van der Waals surface area (Å²) >= 11 is 5.87. The molecule has 4 aromatic rings. The molecule has 1 amide bonds. The van der Waals surface area contributed by atoms with Crippen molar-refractivity contribution in [3.05, 3.63) is 81.8 Å². The number of carbonyl (C=O) groups is 2. The van der Waals surface area contributed by atoms with Crippen molar-refractivity contribution in [3.8, 4) is 11.3 Å². The largest absolute Gasteiger partial charge is 0.478 e. The maximum absolute atomic E-state index is 14.1. The Labute approximate surface area is 262 Å². The number of amides is 1. The number of benzene rings is 1. The van der Waals surface area contributed by atoms with E-state index < -0.39 is 17.7 Å². The zero-order chi connectivity index (χ0) is 33.0. The van der Waals surface area contributed by atoms with Crippen LogP contribution in [-0.2, 0) is 5.41 Å². The molecule has 0 saturated heterocycles. The molecule has 0 spiro atoms. The van der Waals surface area contributed by atoms with E-state index in [0.29, 0.717) is 28.9 Å². The van der Waals surface area contributed by atoms with Crippen LogP contribution in [0.3, 0.4) is 0 Å². The van der Waals surface area contributed by atoms with Crippen LogP contribution in [0.1, 0.15) is 99.9 Å². The van der Waals surface area contributed by atoms with E-state index in [1.54, 1.807) is 12.1 Å². The van der Waals surface area contributed by atoms with Gasteiger partial charge in [-0.3, -0.25) is 4.79 Å². The van der Waals surface area contributed by atoms with Crippen molar-refractivity contribution in [2.24, 2.45) is 0 Å². The van der Waals surface area contributed by atoms with Crippen LogP contribution in [-0.4, -0.2) is 43.9 Å². The number of pyridine rings is 2. The van der Waals surface area contributed by atoms with E-state index in [2.05, 4.69) is 53.5 Å². The number of halogens is 3. The number of aryl methyl sites for hydroxylation is 1. The average molecular weight is 628 g/mol. The van der Waals surface area contributed by atoms with Gasteiger partial charge < -0.3 is 14.4 Å². The highest BCUT2D eigenvalue weighted by Crippen LogP contribution is 2.36. The lowest BCUT2D eigenvalue weighted by molar-refractivity contribution is 0.0497. The number of aromatic nitrogens is 2. The lowest BCUT2D eigenvalue weighted by atomic mass is 9.86. The van der Waals surface area contributed by atoms with E-state index in [1.165, 1.54) is 25.1 Å². The third-order valence-electron chi connectivity index (χ3n) is 7.28. The molecule has 1 N–H and O–H groups in total.